The number of nitrogens with one attached hydrogen (secondary N) is 1. The molecule has 0 aliphatic carbocycles. The van der Waals surface area contributed by atoms with Gasteiger partial charge >= 0.3 is 5.97 Å². The molecular formula is C23H25N9O4S2. The quantitative estimate of drug-likeness (QED) is 0.274. The number of thioether (sulfide) groups is 1. The van der Waals surface area contributed by atoms with Gasteiger partial charge in [-0.25, -0.2) is 14.8 Å². The highest BCUT2D eigenvalue weighted by atomic mass is 32.2. The summed E-state index contributed by atoms with van der Waals surface area (Å²) in [6, 6.07) is 5.42. The van der Waals surface area contributed by atoms with Crippen LogP contribution in [0.3, 0.4) is 0 Å². The molecule has 38 heavy (non-hydrogen) atoms. The summed E-state index contributed by atoms with van der Waals surface area (Å²) in [6.45, 7) is 0.893. The number of thiocarbonyl (C=S) groups is 1. The highest BCUT2D eigenvalue weighted by Crippen LogP contribution is 2.20. The lowest BCUT2D eigenvalue weighted by molar-refractivity contribution is -0.139. The molecule has 1 aromatic carbocycles. The zero-order valence-electron chi connectivity index (χ0n) is 20.3. The minimum absolute atomic E-state index is 0.0207. The Morgan fingerprint density at radius 1 is 1.21 bits per heavy atom. The van der Waals surface area contributed by atoms with Gasteiger partial charge in [-0.1, -0.05) is 24.0 Å². The van der Waals surface area contributed by atoms with Crippen LogP contribution in [-0.4, -0.2) is 77.4 Å². The van der Waals surface area contributed by atoms with E-state index in [0.29, 0.717) is 34.3 Å². The molecule has 0 radical (unpaired) electrons. The fourth-order valence-electron chi connectivity index (χ4n) is 3.78. The third-order valence-electron chi connectivity index (χ3n) is 5.78. The van der Waals surface area contributed by atoms with Crippen molar-refractivity contribution in [1.29, 1.82) is 0 Å². The molecule has 13 nitrogen and oxygen atoms in total. The number of nitrogens with zero attached hydrogens (tertiary/aromatic N) is 6. The molecule has 0 bridgehead atoms. The van der Waals surface area contributed by atoms with E-state index in [9.17, 15) is 19.5 Å². The second-order valence-corrected chi connectivity index (χ2v) is 10.2. The molecular weight excluding hydrogens is 530 g/mol. The summed E-state index contributed by atoms with van der Waals surface area (Å²) in [6.07, 6.45) is 1.49. The Morgan fingerprint density at radius 2 is 1.95 bits per heavy atom. The summed E-state index contributed by atoms with van der Waals surface area (Å²) in [4.78, 5) is 56.8. The van der Waals surface area contributed by atoms with Crippen molar-refractivity contribution in [2.24, 2.45) is 0 Å². The lowest BCUT2D eigenvalue weighted by Gasteiger charge is -2.20. The average Bonchev–Trinajstić information content (AvgIpc) is 3.32. The molecule has 1 aliphatic heterocycles. The number of carbonyl (C=O) groups is 3. The molecule has 0 spiro atoms. The van der Waals surface area contributed by atoms with Crippen LogP contribution in [0.5, 0.6) is 0 Å². The zero-order chi connectivity index (χ0) is 27.4. The number of amides is 2. The van der Waals surface area contributed by atoms with Gasteiger partial charge in [0.15, 0.2) is 17.0 Å². The standard InChI is InChI=1S/C23H25N9O4S2/c1-31(11-13-10-26-19-17(27-13)18(24)29-22(25)30-19)14-4-2-12(3-5-14)20(34)28-15(21(35)36)6-7-16(33)32-8-9-38-23(32)37/h2-5,10,15H,6-9,11H2,1H3,(H,28,34)(H,35,36)(H4,24,25,26,29,30). The van der Waals surface area contributed by atoms with E-state index >= 15 is 0 Å². The first kappa shape index (κ1) is 26.9. The smallest absolute Gasteiger partial charge is 0.326 e. The lowest BCUT2D eigenvalue weighted by atomic mass is 10.1. The molecule has 1 saturated heterocycles. The molecule has 1 atom stereocenters. The first-order chi connectivity index (χ1) is 18.1. The zero-order valence-corrected chi connectivity index (χ0v) is 22.0. The Kier molecular flexibility index (Phi) is 8.16. The summed E-state index contributed by atoms with van der Waals surface area (Å²) in [7, 11) is 1.84. The number of anilines is 3. The molecule has 0 saturated carbocycles. The van der Waals surface area contributed by atoms with Crippen molar-refractivity contribution in [3.05, 3.63) is 41.7 Å². The average molecular weight is 556 g/mol. The number of benzene rings is 1. The van der Waals surface area contributed by atoms with Crippen LogP contribution < -0.4 is 21.7 Å². The Labute approximate surface area is 227 Å². The molecule has 3 aromatic rings. The molecule has 1 unspecified atom stereocenters. The molecule has 2 amide bonds. The molecule has 2 aromatic heterocycles. The summed E-state index contributed by atoms with van der Waals surface area (Å²) in [5.74, 6) is -1.13. The van der Waals surface area contributed by atoms with Crippen LogP contribution in [0.25, 0.3) is 11.2 Å². The second kappa shape index (κ2) is 11.5. The first-order valence-electron chi connectivity index (χ1n) is 11.5. The number of nitrogens with two attached hydrogens (primary N) is 2. The van der Waals surface area contributed by atoms with Crippen molar-refractivity contribution in [2.45, 2.75) is 25.4 Å². The summed E-state index contributed by atoms with van der Waals surface area (Å²) >= 11 is 6.55. The van der Waals surface area contributed by atoms with Crippen molar-refractivity contribution >= 4 is 74.7 Å². The van der Waals surface area contributed by atoms with Crippen molar-refractivity contribution < 1.29 is 19.5 Å². The van der Waals surface area contributed by atoms with Gasteiger partial charge in [0.1, 0.15) is 10.4 Å². The first-order valence-corrected chi connectivity index (χ1v) is 12.9. The fraction of sp³-hybridized carbons (Fsp3) is 0.304. The van der Waals surface area contributed by atoms with Gasteiger partial charge in [0.05, 0.1) is 18.4 Å². The minimum atomic E-state index is -1.22. The van der Waals surface area contributed by atoms with Crippen molar-refractivity contribution in [3.63, 3.8) is 0 Å². The number of rotatable bonds is 9. The number of carboxylic acid groups (broad SMARTS) is 1. The van der Waals surface area contributed by atoms with Crippen molar-refractivity contribution in [2.75, 3.05) is 35.7 Å². The molecule has 4 rings (SSSR count). The number of carbonyl (C=O) groups excluding carboxylic acids is 2. The number of fused-ring (bicyclic) bond motifs is 1. The van der Waals surface area contributed by atoms with Gasteiger partial charge in [0, 0.05) is 37.0 Å². The van der Waals surface area contributed by atoms with E-state index in [1.807, 2.05) is 11.9 Å². The maximum atomic E-state index is 12.7. The highest BCUT2D eigenvalue weighted by Gasteiger charge is 2.27. The molecule has 15 heteroatoms. The van der Waals surface area contributed by atoms with Crippen molar-refractivity contribution in [1.82, 2.24) is 30.2 Å². The molecule has 198 valence electrons. The molecule has 1 aliphatic rings. The van der Waals surface area contributed by atoms with Gasteiger partial charge in [-0.05, 0) is 30.7 Å². The maximum absolute atomic E-state index is 12.7. The van der Waals surface area contributed by atoms with Crippen LogP contribution in [-0.2, 0) is 16.1 Å². The summed E-state index contributed by atoms with van der Waals surface area (Å²) < 4.78 is 0.493. The van der Waals surface area contributed by atoms with Gasteiger partial charge in [0.25, 0.3) is 5.91 Å². The summed E-state index contributed by atoms with van der Waals surface area (Å²) in [5, 5.41) is 12.0. The van der Waals surface area contributed by atoms with E-state index in [4.69, 9.17) is 23.7 Å². The number of hydrogen-bond donors (Lipinski definition) is 4. The Hall–Kier alpha value is -4.11. The van der Waals surface area contributed by atoms with E-state index in [1.165, 1.54) is 16.7 Å². The predicted molar refractivity (Wildman–Crippen MR) is 147 cm³/mol. The Bertz CT molecular complexity index is 1400. The SMILES string of the molecule is CN(Cc1cnc2nc(N)nc(N)c2n1)c1ccc(C(=O)NC(CCC(=O)N2CCSC2=S)C(=O)O)cc1. The largest absolute Gasteiger partial charge is 0.480 e. The van der Waals surface area contributed by atoms with Crippen LogP contribution in [0.4, 0.5) is 17.5 Å². The van der Waals surface area contributed by atoms with Crippen LogP contribution in [0.15, 0.2) is 30.5 Å². The number of aliphatic carboxylic acids is 1. The minimum Gasteiger partial charge on any atom is -0.480 e. The number of nitrogen functional groups attached to an aromatic ring is 2. The van der Waals surface area contributed by atoms with Crippen LogP contribution in [0.1, 0.15) is 28.9 Å². The van der Waals surface area contributed by atoms with Crippen molar-refractivity contribution in [3.8, 4) is 0 Å². The maximum Gasteiger partial charge on any atom is 0.326 e. The van der Waals surface area contributed by atoms with Crippen LogP contribution in [0.2, 0.25) is 0 Å². The van der Waals surface area contributed by atoms with Gasteiger partial charge in [-0.3, -0.25) is 14.5 Å². The van der Waals surface area contributed by atoms with Gasteiger partial charge in [-0.2, -0.15) is 9.97 Å². The molecule has 3 heterocycles. The van der Waals surface area contributed by atoms with Gasteiger partial charge < -0.3 is 26.8 Å². The van der Waals surface area contributed by atoms with Crippen LogP contribution >= 0.6 is 24.0 Å². The second-order valence-electron chi connectivity index (χ2n) is 8.47. The third-order valence-corrected chi connectivity index (χ3v) is 7.21. The number of hydrogen-bond acceptors (Lipinski definition) is 12. The number of carboxylic acids is 1. The Morgan fingerprint density at radius 3 is 2.61 bits per heavy atom. The van der Waals surface area contributed by atoms with Crippen LogP contribution in [0, 0.1) is 0 Å². The monoisotopic (exact) mass is 555 g/mol. The van der Waals surface area contributed by atoms with Gasteiger partial charge in [-0.15, -0.1) is 0 Å². The lowest BCUT2D eigenvalue weighted by Crippen LogP contribution is -2.42. The number of aromatic nitrogens is 4. The Balaban J connectivity index is 1.36. The van der Waals surface area contributed by atoms with Gasteiger partial charge in [0.2, 0.25) is 11.9 Å². The fourth-order valence-corrected chi connectivity index (χ4v) is 5.02. The predicted octanol–water partition coefficient (Wildman–Crippen LogP) is 1.04. The van der Waals surface area contributed by atoms with E-state index < -0.39 is 17.9 Å². The highest BCUT2D eigenvalue weighted by molar-refractivity contribution is 8.23. The van der Waals surface area contributed by atoms with E-state index in [-0.39, 0.29) is 36.1 Å². The molecule has 6 N–H and O–H groups in total. The molecule has 1 fully saturated rings. The van der Waals surface area contributed by atoms with E-state index in [1.54, 1.807) is 30.5 Å². The van der Waals surface area contributed by atoms with E-state index in [2.05, 4.69) is 25.3 Å². The summed E-state index contributed by atoms with van der Waals surface area (Å²) in [5.41, 5.74) is 13.8. The topological polar surface area (TPSA) is 194 Å². The third kappa shape index (κ3) is 6.23. The van der Waals surface area contributed by atoms with E-state index in [0.717, 1.165) is 11.4 Å². The normalized spacial score (nSPS) is 13.9.